The number of hydrogen-bond donors (Lipinski definition) is 3. The second-order valence-electron chi connectivity index (χ2n) is 9.11. The number of hydrogen-bond acceptors (Lipinski definition) is 7. The van der Waals surface area contributed by atoms with Gasteiger partial charge in [0.2, 0.25) is 0 Å². The van der Waals surface area contributed by atoms with Crippen molar-refractivity contribution in [1.29, 1.82) is 0 Å². The van der Waals surface area contributed by atoms with Crippen LogP contribution in [-0.2, 0) is 28.9 Å². The number of aromatic carboxylic acids is 1. The predicted octanol–water partition coefficient (Wildman–Crippen LogP) is 3.90. The number of nitrogen functional groups attached to an aromatic ring is 1. The van der Waals surface area contributed by atoms with Crippen LogP contribution in [0.2, 0.25) is 0 Å². The molecule has 1 aliphatic heterocycles. The number of aromatic nitrogens is 1. The molecule has 1 aliphatic rings. The van der Waals surface area contributed by atoms with E-state index in [1.165, 1.54) is 0 Å². The summed E-state index contributed by atoms with van der Waals surface area (Å²) in [5.41, 5.74) is 11.1. The molecule has 2 aromatic rings. The fourth-order valence-corrected chi connectivity index (χ4v) is 4.65. The van der Waals surface area contributed by atoms with Crippen molar-refractivity contribution < 1.29 is 19.4 Å². The van der Waals surface area contributed by atoms with Gasteiger partial charge in [-0.25, -0.2) is 9.78 Å². The van der Waals surface area contributed by atoms with E-state index in [1.54, 1.807) is 6.20 Å². The molecule has 0 aliphatic carbocycles. The Balaban J connectivity index is 1.67. The second kappa shape index (κ2) is 13.4. The van der Waals surface area contributed by atoms with Crippen LogP contribution < -0.4 is 11.1 Å². The van der Waals surface area contributed by atoms with Gasteiger partial charge in [-0.05, 0) is 74.8 Å². The Bertz CT molecular complexity index is 943. The number of carboxylic acids is 1. The zero-order valence-electron chi connectivity index (χ0n) is 21.3. The maximum absolute atomic E-state index is 12.1. The summed E-state index contributed by atoms with van der Waals surface area (Å²) >= 11 is 0. The van der Waals surface area contributed by atoms with Crippen molar-refractivity contribution in [2.24, 2.45) is 0 Å². The second-order valence-corrected chi connectivity index (χ2v) is 9.11. The molecular weight excluding hydrogens is 444 g/mol. The SMILES string of the molecule is CCOCCc1cc(CN2CCC(Nc3cnc(N)c(C)c3)CC2)cc(CCOCC)c1C(=O)O. The zero-order valence-corrected chi connectivity index (χ0v) is 21.3. The molecule has 0 saturated carbocycles. The minimum absolute atomic E-state index is 0.397. The highest BCUT2D eigenvalue weighted by Crippen LogP contribution is 2.24. The molecule has 0 amide bonds. The van der Waals surface area contributed by atoms with Gasteiger partial charge in [0.05, 0.1) is 30.7 Å². The average Bonchev–Trinajstić information content (AvgIpc) is 2.83. The number of pyridine rings is 1. The fourth-order valence-electron chi connectivity index (χ4n) is 4.65. The number of carboxylic acid groups (broad SMARTS) is 1. The summed E-state index contributed by atoms with van der Waals surface area (Å²) in [5.74, 6) is -0.311. The number of nitrogens with zero attached hydrogens (tertiary/aromatic N) is 2. The van der Waals surface area contributed by atoms with E-state index < -0.39 is 5.97 Å². The Morgan fingerprint density at radius 3 is 2.23 bits per heavy atom. The van der Waals surface area contributed by atoms with Gasteiger partial charge in [0.25, 0.3) is 0 Å². The Labute approximate surface area is 208 Å². The van der Waals surface area contributed by atoms with Crippen LogP contribution >= 0.6 is 0 Å². The summed E-state index contributed by atoms with van der Waals surface area (Å²) in [6.45, 7) is 10.9. The first kappa shape index (κ1) is 26.9. The lowest BCUT2D eigenvalue weighted by Gasteiger charge is -2.33. The number of ether oxygens (including phenoxy) is 2. The smallest absolute Gasteiger partial charge is 0.336 e. The number of likely N-dealkylation sites (tertiary alicyclic amines) is 1. The van der Waals surface area contributed by atoms with Crippen molar-refractivity contribution in [2.45, 2.75) is 59.0 Å². The van der Waals surface area contributed by atoms with Crippen LogP contribution in [0.4, 0.5) is 11.5 Å². The van der Waals surface area contributed by atoms with Crippen LogP contribution in [0.15, 0.2) is 24.4 Å². The quantitative estimate of drug-likeness (QED) is 0.367. The van der Waals surface area contributed by atoms with E-state index in [0.717, 1.165) is 60.4 Å². The molecule has 1 aromatic carbocycles. The lowest BCUT2D eigenvalue weighted by atomic mass is 9.93. The molecule has 1 fully saturated rings. The van der Waals surface area contributed by atoms with E-state index in [9.17, 15) is 9.90 Å². The Morgan fingerprint density at radius 2 is 1.71 bits per heavy atom. The van der Waals surface area contributed by atoms with Crippen LogP contribution in [0, 0.1) is 6.92 Å². The Morgan fingerprint density at radius 1 is 1.11 bits per heavy atom. The van der Waals surface area contributed by atoms with Gasteiger partial charge in [-0.1, -0.05) is 12.1 Å². The van der Waals surface area contributed by atoms with Gasteiger partial charge in [-0.2, -0.15) is 0 Å². The highest BCUT2D eigenvalue weighted by atomic mass is 16.5. The molecule has 1 aromatic heterocycles. The van der Waals surface area contributed by atoms with E-state index >= 15 is 0 Å². The van der Waals surface area contributed by atoms with Gasteiger partial charge < -0.3 is 25.6 Å². The maximum atomic E-state index is 12.1. The van der Waals surface area contributed by atoms with Gasteiger partial charge in [-0.3, -0.25) is 4.90 Å². The molecule has 0 atom stereocenters. The number of rotatable bonds is 13. The number of nitrogens with one attached hydrogen (secondary N) is 1. The summed E-state index contributed by atoms with van der Waals surface area (Å²) < 4.78 is 11.1. The average molecular weight is 485 g/mol. The van der Waals surface area contributed by atoms with Crippen LogP contribution in [0.3, 0.4) is 0 Å². The van der Waals surface area contributed by atoms with Crippen molar-refractivity contribution in [3.05, 3.63) is 52.2 Å². The summed E-state index contributed by atoms with van der Waals surface area (Å²) in [5, 5.41) is 13.5. The van der Waals surface area contributed by atoms with Crippen molar-refractivity contribution in [3.8, 4) is 0 Å². The number of benzene rings is 1. The Hall–Kier alpha value is -2.68. The number of nitrogens with two attached hydrogens (primary N) is 1. The van der Waals surface area contributed by atoms with Crippen molar-refractivity contribution in [2.75, 3.05) is 50.6 Å². The lowest BCUT2D eigenvalue weighted by molar-refractivity contribution is 0.0693. The number of anilines is 2. The van der Waals surface area contributed by atoms with Crippen LogP contribution in [0.1, 0.15) is 59.3 Å². The molecule has 3 rings (SSSR count). The molecule has 0 unspecified atom stereocenters. The zero-order chi connectivity index (χ0) is 25.2. The summed E-state index contributed by atoms with van der Waals surface area (Å²) in [6, 6.07) is 6.56. The first-order valence-electron chi connectivity index (χ1n) is 12.7. The fraction of sp³-hybridized carbons (Fsp3) is 0.556. The molecule has 8 nitrogen and oxygen atoms in total. The van der Waals surface area contributed by atoms with E-state index in [-0.39, 0.29) is 0 Å². The summed E-state index contributed by atoms with van der Waals surface area (Å²) in [7, 11) is 0. The van der Waals surface area contributed by atoms with Gasteiger partial charge >= 0.3 is 5.97 Å². The first-order valence-corrected chi connectivity index (χ1v) is 12.7. The minimum Gasteiger partial charge on any atom is -0.478 e. The standard InChI is InChI=1S/C27H40N4O4/c1-4-34-12-8-21-15-20(16-22(9-13-35-5-2)25(21)27(32)33)18-31-10-6-23(7-11-31)30-24-14-19(3)26(28)29-17-24/h14-17,23,30H,4-13,18H2,1-3H3,(H2,28,29)(H,32,33). The molecule has 4 N–H and O–H groups in total. The van der Waals surface area contributed by atoms with Crippen molar-refractivity contribution in [3.63, 3.8) is 0 Å². The predicted molar refractivity (Wildman–Crippen MR) is 139 cm³/mol. The number of aryl methyl sites for hydroxylation is 1. The third-order valence-corrected chi connectivity index (χ3v) is 6.50. The normalized spacial score (nSPS) is 14.8. The van der Waals surface area contributed by atoms with Crippen LogP contribution in [0.5, 0.6) is 0 Å². The molecular formula is C27H40N4O4. The number of carbonyl (C=O) groups is 1. The molecule has 192 valence electrons. The molecule has 0 radical (unpaired) electrons. The van der Waals surface area contributed by atoms with Gasteiger partial charge in [0, 0.05) is 38.9 Å². The largest absolute Gasteiger partial charge is 0.478 e. The summed E-state index contributed by atoms with van der Waals surface area (Å²) in [4.78, 5) is 18.8. The molecule has 35 heavy (non-hydrogen) atoms. The Kier molecular flexibility index (Phi) is 10.3. The number of piperidine rings is 1. The topological polar surface area (TPSA) is 110 Å². The maximum Gasteiger partial charge on any atom is 0.336 e. The molecule has 0 spiro atoms. The highest BCUT2D eigenvalue weighted by molar-refractivity contribution is 5.91. The monoisotopic (exact) mass is 484 g/mol. The van der Waals surface area contributed by atoms with Gasteiger partial charge in [0.15, 0.2) is 0 Å². The van der Waals surface area contributed by atoms with Crippen molar-refractivity contribution >= 4 is 17.5 Å². The molecule has 0 bridgehead atoms. The third kappa shape index (κ3) is 7.92. The van der Waals surface area contributed by atoms with E-state index in [2.05, 4.69) is 27.3 Å². The van der Waals surface area contributed by atoms with Crippen molar-refractivity contribution in [1.82, 2.24) is 9.88 Å². The third-order valence-electron chi connectivity index (χ3n) is 6.50. The summed E-state index contributed by atoms with van der Waals surface area (Å²) in [6.07, 6.45) is 5.04. The minimum atomic E-state index is -0.881. The van der Waals surface area contributed by atoms with Crippen LogP contribution in [0.25, 0.3) is 0 Å². The van der Waals surface area contributed by atoms with E-state index in [1.807, 2.05) is 26.8 Å². The van der Waals surface area contributed by atoms with E-state index in [4.69, 9.17) is 15.2 Å². The lowest BCUT2D eigenvalue weighted by Crippen LogP contribution is -2.38. The molecule has 1 saturated heterocycles. The van der Waals surface area contributed by atoms with Gasteiger partial charge in [-0.15, -0.1) is 0 Å². The van der Waals surface area contributed by atoms with Crippen LogP contribution in [-0.4, -0.2) is 66.5 Å². The van der Waals surface area contributed by atoms with Gasteiger partial charge in [0.1, 0.15) is 5.82 Å². The molecule has 2 heterocycles. The highest BCUT2D eigenvalue weighted by Gasteiger charge is 2.22. The first-order chi connectivity index (χ1) is 16.9. The molecule has 8 heteroatoms. The van der Waals surface area contributed by atoms with E-state index in [0.29, 0.717) is 56.7 Å².